The minimum atomic E-state index is -1.55. The van der Waals surface area contributed by atoms with Crippen molar-refractivity contribution in [3.8, 4) is 0 Å². The Labute approximate surface area is 97.0 Å². The number of hydrogen-bond acceptors (Lipinski definition) is 2. The Hall–Kier alpha value is -1.56. The zero-order chi connectivity index (χ0) is 13.0. The molecule has 0 aliphatic carbocycles. The molecule has 0 saturated carbocycles. The van der Waals surface area contributed by atoms with Gasteiger partial charge < -0.3 is 10.6 Å². The maximum atomic E-state index is 12.9. The van der Waals surface area contributed by atoms with Gasteiger partial charge in [-0.25, -0.2) is 13.2 Å². The van der Waals surface area contributed by atoms with Gasteiger partial charge in [0, 0.05) is 30.3 Å². The summed E-state index contributed by atoms with van der Waals surface area (Å²) < 4.78 is 38.4. The first-order valence-electron chi connectivity index (χ1n) is 5.05. The second-order valence-electron chi connectivity index (χ2n) is 3.70. The zero-order valence-electron chi connectivity index (χ0n) is 9.48. The van der Waals surface area contributed by atoms with Crippen molar-refractivity contribution in [2.75, 3.05) is 18.9 Å². The first-order valence-corrected chi connectivity index (χ1v) is 5.05. The second-order valence-corrected chi connectivity index (χ2v) is 3.70. The number of halogens is 3. The molecule has 2 N–H and O–H groups in total. The highest BCUT2D eigenvalue weighted by Gasteiger charge is 2.15. The summed E-state index contributed by atoms with van der Waals surface area (Å²) in [5.74, 6) is -4.98. The topological polar surface area (TPSA) is 41.1 Å². The van der Waals surface area contributed by atoms with E-state index in [1.54, 1.807) is 14.0 Å². The smallest absolute Gasteiger partial charge is 0.228 e. The summed E-state index contributed by atoms with van der Waals surface area (Å²) in [7, 11) is 1.68. The summed E-state index contributed by atoms with van der Waals surface area (Å²) in [6.45, 7) is 2.08. The van der Waals surface area contributed by atoms with E-state index in [1.165, 1.54) is 0 Å². The van der Waals surface area contributed by atoms with Gasteiger partial charge in [0.2, 0.25) is 5.91 Å². The van der Waals surface area contributed by atoms with Gasteiger partial charge >= 0.3 is 0 Å². The molecule has 1 amide bonds. The fourth-order valence-corrected chi connectivity index (χ4v) is 1.29. The molecule has 0 aromatic heterocycles. The molecule has 1 aromatic rings. The third-order valence-electron chi connectivity index (χ3n) is 2.21. The van der Waals surface area contributed by atoms with Crippen molar-refractivity contribution in [1.82, 2.24) is 5.32 Å². The van der Waals surface area contributed by atoms with Crippen LogP contribution in [-0.2, 0) is 4.79 Å². The molecule has 0 bridgehead atoms. The lowest BCUT2D eigenvalue weighted by Crippen LogP contribution is -2.28. The highest BCUT2D eigenvalue weighted by molar-refractivity contribution is 5.92. The second kappa shape index (κ2) is 5.67. The summed E-state index contributed by atoms with van der Waals surface area (Å²) in [6, 6.07) is 1.48. The lowest BCUT2D eigenvalue weighted by Gasteiger charge is -2.11. The third-order valence-corrected chi connectivity index (χ3v) is 2.21. The van der Waals surface area contributed by atoms with Crippen LogP contribution < -0.4 is 10.6 Å². The quantitative estimate of drug-likeness (QED) is 0.797. The Bertz CT molecular complexity index is 400. The molecule has 1 atom stereocenters. The number of rotatable bonds is 4. The summed E-state index contributed by atoms with van der Waals surface area (Å²) in [4.78, 5) is 11.5. The lowest BCUT2D eigenvalue weighted by atomic mass is 10.1. The standard InChI is InChI=1S/C11H13F3N2O/c1-6(5-15-2)11(17)16-7-3-8(12)10(14)9(13)4-7/h3-4,6,15H,5H2,1-2H3,(H,16,17). The lowest BCUT2D eigenvalue weighted by molar-refractivity contribution is -0.119. The summed E-state index contributed by atoms with van der Waals surface area (Å²) in [6.07, 6.45) is 0. The van der Waals surface area contributed by atoms with Crippen LogP contribution in [-0.4, -0.2) is 19.5 Å². The van der Waals surface area contributed by atoms with E-state index >= 15 is 0 Å². The van der Waals surface area contributed by atoms with Gasteiger partial charge in [-0.1, -0.05) is 6.92 Å². The van der Waals surface area contributed by atoms with Crippen molar-refractivity contribution in [2.24, 2.45) is 5.92 Å². The molecule has 0 spiro atoms. The fraction of sp³-hybridized carbons (Fsp3) is 0.364. The number of benzene rings is 1. The molecule has 1 aromatic carbocycles. The molecule has 1 rings (SSSR count). The van der Waals surface area contributed by atoms with Gasteiger partial charge in [0.15, 0.2) is 17.5 Å². The Kier molecular flexibility index (Phi) is 4.51. The van der Waals surface area contributed by atoms with Crippen molar-refractivity contribution < 1.29 is 18.0 Å². The molecule has 17 heavy (non-hydrogen) atoms. The molecule has 0 fully saturated rings. The number of carbonyl (C=O) groups excluding carboxylic acids is 1. The van der Waals surface area contributed by atoms with Crippen molar-refractivity contribution in [3.05, 3.63) is 29.6 Å². The maximum Gasteiger partial charge on any atom is 0.228 e. The average Bonchev–Trinajstić information content (AvgIpc) is 2.26. The van der Waals surface area contributed by atoms with E-state index in [4.69, 9.17) is 0 Å². The van der Waals surface area contributed by atoms with Gasteiger partial charge in [-0.15, -0.1) is 0 Å². The van der Waals surface area contributed by atoms with Crippen LogP contribution in [0.5, 0.6) is 0 Å². The largest absolute Gasteiger partial charge is 0.326 e. The fourth-order valence-electron chi connectivity index (χ4n) is 1.29. The molecule has 0 saturated heterocycles. The molecular formula is C11H13F3N2O. The van der Waals surface area contributed by atoms with Crippen LogP contribution in [0.2, 0.25) is 0 Å². The monoisotopic (exact) mass is 246 g/mol. The number of amides is 1. The predicted molar refractivity (Wildman–Crippen MR) is 58.0 cm³/mol. The van der Waals surface area contributed by atoms with Crippen molar-refractivity contribution in [1.29, 1.82) is 0 Å². The van der Waals surface area contributed by atoms with Gasteiger partial charge in [-0.2, -0.15) is 0 Å². The van der Waals surface area contributed by atoms with Crippen molar-refractivity contribution >= 4 is 11.6 Å². The van der Waals surface area contributed by atoms with E-state index in [0.29, 0.717) is 6.54 Å². The Morgan fingerprint density at radius 2 is 1.82 bits per heavy atom. The number of nitrogens with one attached hydrogen (secondary N) is 2. The molecule has 94 valence electrons. The Morgan fingerprint density at radius 1 is 1.29 bits per heavy atom. The molecular weight excluding hydrogens is 233 g/mol. The molecule has 6 heteroatoms. The first kappa shape index (κ1) is 13.5. The summed E-state index contributed by atoms with van der Waals surface area (Å²) in [5, 5.41) is 5.11. The molecule has 0 aliphatic heterocycles. The van der Waals surface area contributed by atoms with Crippen LogP contribution in [0.1, 0.15) is 6.92 Å². The van der Waals surface area contributed by atoms with Crippen molar-refractivity contribution in [2.45, 2.75) is 6.92 Å². The van der Waals surface area contributed by atoms with E-state index in [2.05, 4.69) is 10.6 Å². The minimum Gasteiger partial charge on any atom is -0.326 e. The molecule has 0 aliphatic rings. The van der Waals surface area contributed by atoms with Crippen LogP contribution in [0.4, 0.5) is 18.9 Å². The third kappa shape index (κ3) is 3.45. The van der Waals surface area contributed by atoms with Crippen LogP contribution >= 0.6 is 0 Å². The summed E-state index contributed by atoms with van der Waals surface area (Å²) in [5.41, 5.74) is -0.102. The maximum absolute atomic E-state index is 12.9. The molecule has 0 radical (unpaired) electrons. The van der Waals surface area contributed by atoms with E-state index in [0.717, 1.165) is 12.1 Å². The SMILES string of the molecule is CNCC(C)C(=O)Nc1cc(F)c(F)c(F)c1. The molecule has 0 heterocycles. The number of hydrogen-bond donors (Lipinski definition) is 2. The van der Waals surface area contributed by atoms with Crippen LogP contribution in [0.15, 0.2) is 12.1 Å². The Morgan fingerprint density at radius 3 is 2.29 bits per heavy atom. The minimum absolute atomic E-state index is 0.102. The van der Waals surface area contributed by atoms with Crippen LogP contribution in [0, 0.1) is 23.4 Å². The van der Waals surface area contributed by atoms with Crippen LogP contribution in [0.25, 0.3) is 0 Å². The molecule has 1 unspecified atom stereocenters. The summed E-state index contributed by atoms with van der Waals surface area (Å²) >= 11 is 0. The highest BCUT2D eigenvalue weighted by Crippen LogP contribution is 2.17. The predicted octanol–water partition coefficient (Wildman–Crippen LogP) is 1.90. The van der Waals surface area contributed by atoms with Gasteiger partial charge in [0.05, 0.1) is 0 Å². The first-order chi connectivity index (χ1) is 7.95. The van der Waals surface area contributed by atoms with E-state index in [9.17, 15) is 18.0 Å². The highest BCUT2D eigenvalue weighted by atomic mass is 19.2. The number of anilines is 1. The van der Waals surface area contributed by atoms with E-state index in [1.807, 2.05) is 0 Å². The van der Waals surface area contributed by atoms with Gasteiger partial charge in [-0.3, -0.25) is 4.79 Å². The van der Waals surface area contributed by atoms with Gasteiger partial charge in [-0.05, 0) is 7.05 Å². The van der Waals surface area contributed by atoms with Gasteiger partial charge in [0.25, 0.3) is 0 Å². The van der Waals surface area contributed by atoms with Crippen LogP contribution in [0.3, 0.4) is 0 Å². The number of carbonyl (C=O) groups is 1. The molecule has 3 nitrogen and oxygen atoms in total. The zero-order valence-corrected chi connectivity index (χ0v) is 9.48. The normalized spacial score (nSPS) is 12.3. The van der Waals surface area contributed by atoms with E-state index in [-0.39, 0.29) is 11.6 Å². The Balaban J connectivity index is 2.79. The average molecular weight is 246 g/mol. The van der Waals surface area contributed by atoms with Gasteiger partial charge in [0.1, 0.15) is 0 Å². The van der Waals surface area contributed by atoms with E-state index < -0.39 is 23.4 Å². The van der Waals surface area contributed by atoms with Crippen molar-refractivity contribution in [3.63, 3.8) is 0 Å².